The minimum atomic E-state index is -2.45. The monoisotopic (exact) mass is 1420 g/mol. The van der Waals surface area contributed by atoms with Crippen LogP contribution in [0.25, 0.3) is 10.9 Å². The smallest absolute Gasteiger partial charge is 0.338 e. The van der Waals surface area contributed by atoms with Crippen molar-refractivity contribution in [2.24, 2.45) is 22.7 Å². The zero-order valence-corrected chi connectivity index (χ0v) is 56.1. The highest BCUT2D eigenvalue weighted by molar-refractivity contribution is 7.85. The number of hydrogen-bond donors (Lipinski definition) is 13. The maximum atomic E-state index is 15.1. The first-order valence-electron chi connectivity index (χ1n) is 32.3. The molecule has 4 aliphatic heterocycles. The summed E-state index contributed by atoms with van der Waals surface area (Å²) in [7, 11) is -2.45. The summed E-state index contributed by atoms with van der Waals surface area (Å²) in [6, 6.07) is 2.83. The number of rotatable bonds is 20. The van der Waals surface area contributed by atoms with Crippen molar-refractivity contribution in [1.82, 2.24) is 57.4 Å². The van der Waals surface area contributed by atoms with E-state index < -0.39 is 210 Å². The number of phenols is 1. The van der Waals surface area contributed by atoms with E-state index in [2.05, 4.69) is 58.0 Å². The number of anilines is 1. The van der Waals surface area contributed by atoms with Crippen LogP contribution >= 0.6 is 0 Å². The van der Waals surface area contributed by atoms with Crippen molar-refractivity contribution >= 4 is 122 Å². The molecule has 0 aliphatic carbocycles. The van der Waals surface area contributed by atoms with Gasteiger partial charge in [0.2, 0.25) is 59.1 Å². The summed E-state index contributed by atoms with van der Waals surface area (Å²) in [5.41, 5.74) is 7.61. The van der Waals surface area contributed by atoms with E-state index in [0.29, 0.717) is 31.2 Å². The zero-order valence-electron chi connectivity index (χ0n) is 55.2. The predicted molar refractivity (Wildman–Crippen MR) is 356 cm³/mol. The topological polar surface area (TPSA) is 518 Å². The van der Waals surface area contributed by atoms with Crippen molar-refractivity contribution in [3.63, 3.8) is 0 Å². The molecule has 5 heterocycles. The van der Waals surface area contributed by atoms with Gasteiger partial charge in [-0.05, 0) is 85.5 Å². The number of esters is 1. The van der Waals surface area contributed by atoms with E-state index in [1.807, 2.05) is 0 Å². The summed E-state index contributed by atoms with van der Waals surface area (Å²) < 4.78 is 20.5. The quantitative estimate of drug-likeness (QED) is 0.0119. The molecule has 538 valence electrons. The van der Waals surface area contributed by atoms with Gasteiger partial charge in [0.25, 0.3) is 23.4 Å². The van der Waals surface area contributed by atoms with Crippen molar-refractivity contribution in [2.45, 2.75) is 133 Å². The lowest BCUT2D eigenvalue weighted by molar-refractivity contribution is -0.385. The lowest BCUT2D eigenvalue weighted by Crippen LogP contribution is -2.61. The molecule has 0 saturated carbocycles. The first-order chi connectivity index (χ1) is 48.0. The van der Waals surface area contributed by atoms with E-state index in [1.54, 1.807) is 13.8 Å². The van der Waals surface area contributed by atoms with E-state index in [-0.39, 0.29) is 69.2 Å². The van der Waals surface area contributed by atoms with Crippen molar-refractivity contribution < 1.29 is 91.2 Å². The predicted octanol–water partition coefficient (Wildman–Crippen LogP) is -1.54. The number of nitro groups is 1. The number of H-pyrrole nitrogens is 1. The Bertz CT molecular complexity index is 4050. The third-order valence-electron chi connectivity index (χ3n) is 17.4. The molecule has 0 spiro atoms. The van der Waals surface area contributed by atoms with Crippen LogP contribution in [0.15, 0.2) is 82.9 Å². The molecule has 1 aromatic heterocycles. The molecule has 3 aromatic carbocycles. The van der Waals surface area contributed by atoms with E-state index in [4.69, 9.17) is 10.5 Å². The van der Waals surface area contributed by atoms with Crippen LogP contribution in [-0.4, -0.2) is 203 Å². The number of benzene rings is 3. The highest BCUT2D eigenvalue weighted by Crippen LogP contribution is 2.31. The third-order valence-corrected chi connectivity index (χ3v) is 18.8. The number of amides is 13. The number of aliphatic hydroxyl groups is 1. The largest absolute Gasteiger partial charge is 0.508 e. The van der Waals surface area contributed by atoms with Crippen LogP contribution in [0.5, 0.6) is 5.75 Å². The van der Waals surface area contributed by atoms with Crippen LogP contribution in [0.4, 0.5) is 11.4 Å². The van der Waals surface area contributed by atoms with Crippen LogP contribution in [0, 0.1) is 22.0 Å². The van der Waals surface area contributed by atoms with Gasteiger partial charge in [0, 0.05) is 67.7 Å². The number of aromatic nitrogens is 1. The summed E-state index contributed by atoms with van der Waals surface area (Å²) in [5.74, 6) is -15.3. The van der Waals surface area contributed by atoms with Crippen molar-refractivity contribution in [2.75, 3.05) is 43.9 Å². The first kappa shape index (κ1) is 75.5. The van der Waals surface area contributed by atoms with Gasteiger partial charge in [-0.3, -0.25) is 81.6 Å². The number of nitrogens with two attached hydrogens (primary N) is 1. The standard InChI is InChI=1S/C65H77N15O20S/c1-5-32(2)55-61(93)68-28-51(85)70-46-31-101(99)63-42(40-17-15-38(81)24-43(40)73-63)26-44(58(90)67-29-52(86)74-55)71-62(94)56(75-60(92)48-25-39(82)30-79(48)64(95)45(27-49(66)83)72-59(46)91)33(3)20-22-100-65(96)36-12-10-35(11-13-36)34(4)76-77-57(89)41-16-14-37(23-47(41)80(97)98)69-50(84)9-7-6-8-21-78-53(87)18-19-54(78)88/h10-19,23-24,32-33,39,44-46,48,55-56,73,81-82H,5-9,20-22,25-31H2,1-4H3,(H2,66,83)(H,67,90)(H,68,93)(H,69,84)(H,70,85)(H,71,94)(H,72,91)(H,74,86)(H,75,92)(H,77,89)/b76-34+/t32-,33-,39-,44+,45+,46-,48+,55?,56?,101?/m1/s1. The first-order valence-corrected chi connectivity index (χ1v) is 33.6. The van der Waals surface area contributed by atoms with Crippen LogP contribution < -0.4 is 53.7 Å². The van der Waals surface area contributed by atoms with Gasteiger partial charge in [-0.2, -0.15) is 5.10 Å². The van der Waals surface area contributed by atoms with Crippen molar-refractivity contribution in [3.8, 4) is 5.75 Å². The summed E-state index contributed by atoms with van der Waals surface area (Å²) in [6.45, 7) is 3.91. The number of fused-ring (bicyclic) bond motifs is 5. The molecule has 36 heteroatoms. The summed E-state index contributed by atoms with van der Waals surface area (Å²) in [6.07, 6.45) is 0.531. The molecule has 10 atom stereocenters. The molecule has 3 unspecified atom stereocenters. The lowest BCUT2D eigenvalue weighted by atomic mass is 9.96. The van der Waals surface area contributed by atoms with Crippen molar-refractivity contribution in [1.29, 1.82) is 0 Å². The molecule has 2 bridgehead atoms. The third kappa shape index (κ3) is 19.5. The number of nitro benzene ring substituents is 1. The molecular weight excluding hydrogens is 1340 g/mol. The molecule has 8 rings (SSSR count). The highest BCUT2D eigenvalue weighted by atomic mass is 32.2. The molecule has 4 aliphatic rings. The molecule has 1 saturated heterocycles. The average Bonchev–Trinajstić information content (AvgIpc) is 1.64. The molecule has 101 heavy (non-hydrogen) atoms. The number of hydrazone groups is 1. The number of aromatic amines is 1. The zero-order chi connectivity index (χ0) is 73.5. The number of primary amides is 1. The van der Waals surface area contributed by atoms with Crippen LogP contribution in [-0.2, 0) is 79.5 Å². The molecule has 4 aromatic rings. The van der Waals surface area contributed by atoms with Gasteiger partial charge in [0.05, 0.1) is 70.5 Å². The second-order valence-corrected chi connectivity index (χ2v) is 26.1. The van der Waals surface area contributed by atoms with Crippen LogP contribution in [0.1, 0.15) is 111 Å². The van der Waals surface area contributed by atoms with Gasteiger partial charge in [0.15, 0.2) is 0 Å². The van der Waals surface area contributed by atoms with Gasteiger partial charge >= 0.3 is 5.97 Å². The number of aromatic hydroxyl groups is 1. The highest BCUT2D eigenvalue weighted by Gasteiger charge is 2.45. The summed E-state index contributed by atoms with van der Waals surface area (Å²) in [5, 5.41) is 57.7. The fourth-order valence-corrected chi connectivity index (χ4v) is 13.0. The van der Waals surface area contributed by atoms with E-state index >= 15 is 4.79 Å². The Morgan fingerprint density at radius 1 is 0.792 bits per heavy atom. The van der Waals surface area contributed by atoms with Gasteiger partial charge in [-0.25, -0.2) is 10.2 Å². The SMILES string of the molecule is CC[C@@H](C)C1NC(=O)CNC(=O)[C@@H]2Cc3c([nH]c4cc(O)ccc34)S(=O)C[C@@H](NC(=O)CNC1=O)C(=O)N[C@@H](CC(N)=O)C(=O)N1C[C@H](O)C[C@H]1C(=O)NC([C@H](C)CCOC(=O)c1ccc(/C(C)=N/NC(=O)c3ccc(NC(=O)CCCCCN4C(=O)C=CC4=O)cc3[N+](=O)[O-])cc1)C(=O)N2. The van der Waals surface area contributed by atoms with Gasteiger partial charge in [-0.15, -0.1) is 0 Å². The molecule has 35 nitrogen and oxygen atoms in total. The average molecular weight is 1420 g/mol. The lowest BCUT2D eigenvalue weighted by Gasteiger charge is -2.32. The van der Waals surface area contributed by atoms with Crippen LogP contribution in [0.3, 0.4) is 0 Å². The van der Waals surface area contributed by atoms with Crippen molar-refractivity contribution in [3.05, 3.63) is 105 Å². The van der Waals surface area contributed by atoms with Gasteiger partial charge in [-0.1, -0.05) is 45.7 Å². The Labute approximate surface area is 578 Å². The fraction of sp³-hybridized carbons (Fsp3) is 0.431. The summed E-state index contributed by atoms with van der Waals surface area (Å²) in [4.78, 5) is 206. The number of unbranched alkanes of at least 4 members (excludes halogenated alkanes) is 2. The minimum absolute atomic E-state index is 0.00170. The number of carbonyl (C=O) groups is 14. The van der Waals surface area contributed by atoms with E-state index in [1.165, 1.54) is 74.5 Å². The number of imide groups is 1. The number of hydrogen-bond acceptors (Lipinski definition) is 21. The Morgan fingerprint density at radius 2 is 1.47 bits per heavy atom. The van der Waals surface area contributed by atoms with Gasteiger partial charge < -0.3 is 73.1 Å². The number of carbonyl (C=O) groups excluding carboxylic acids is 14. The Morgan fingerprint density at radius 3 is 2.15 bits per heavy atom. The number of phenolic OH excluding ortho intramolecular Hbond substituents is 1. The minimum Gasteiger partial charge on any atom is -0.508 e. The van der Waals surface area contributed by atoms with E-state index in [9.17, 15) is 86.9 Å². The van der Waals surface area contributed by atoms with Crippen LogP contribution in [0.2, 0.25) is 0 Å². The maximum absolute atomic E-state index is 15.1. The Balaban J connectivity index is 1.01. The number of ether oxygens (including phenoxy) is 1. The summed E-state index contributed by atoms with van der Waals surface area (Å²) >= 11 is 0. The Kier molecular flexibility index (Phi) is 25.4. The fourth-order valence-electron chi connectivity index (χ4n) is 11.6. The molecular formula is C65H77N15O20S. The second kappa shape index (κ2) is 34.0. The molecule has 14 N–H and O–H groups in total. The second-order valence-electron chi connectivity index (χ2n) is 24.7. The Hall–Kier alpha value is -11.3. The van der Waals surface area contributed by atoms with Gasteiger partial charge in [0.1, 0.15) is 52.6 Å². The van der Waals surface area contributed by atoms with E-state index in [0.717, 1.165) is 21.9 Å². The normalized spacial score (nSPS) is 22.6. The molecule has 13 amide bonds. The number of aliphatic hydroxyl groups excluding tert-OH is 1. The maximum Gasteiger partial charge on any atom is 0.338 e. The number of nitrogens with one attached hydrogen (secondary N) is 10. The molecule has 1 fully saturated rings. The molecule has 0 radical (unpaired) electrons. The number of nitrogens with zero attached hydrogens (tertiary/aromatic N) is 4.